The molecule has 19 heavy (non-hydrogen) atoms. The molecule has 0 saturated carbocycles. The average Bonchev–Trinajstić information content (AvgIpc) is 2.43. The number of benzene rings is 1. The van der Waals surface area contributed by atoms with E-state index < -0.39 is 0 Å². The molecule has 0 atom stereocenters. The number of nitrogens with zero attached hydrogens (tertiary/aromatic N) is 1. The zero-order valence-electron chi connectivity index (χ0n) is 11.5. The Balaban J connectivity index is 2.00. The van der Waals surface area contributed by atoms with Crippen LogP contribution in [-0.4, -0.2) is 24.0 Å². The van der Waals surface area contributed by atoms with E-state index in [4.69, 9.17) is 5.73 Å². The summed E-state index contributed by atoms with van der Waals surface area (Å²) >= 11 is 2.00. The van der Waals surface area contributed by atoms with E-state index >= 15 is 0 Å². The molecule has 1 aromatic carbocycles. The second-order valence-electron chi connectivity index (χ2n) is 4.99. The minimum Gasteiger partial charge on any atom is -0.399 e. The van der Waals surface area contributed by atoms with Crippen molar-refractivity contribution in [3.8, 4) is 0 Å². The second kappa shape index (κ2) is 6.85. The van der Waals surface area contributed by atoms with Crippen molar-refractivity contribution in [2.75, 3.05) is 28.7 Å². The van der Waals surface area contributed by atoms with Crippen LogP contribution in [0.3, 0.4) is 0 Å². The predicted molar refractivity (Wildman–Crippen MR) is 83.5 cm³/mol. The Morgan fingerprint density at radius 3 is 2.53 bits per heavy atom. The lowest BCUT2D eigenvalue weighted by atomic mass is 9.98. The molecule has 1 aliphatic heterocycles. The first-order valence-corrected chi connectivity index (χ1v) is 8.10. The van der Waals surface area contributed by atoms with Crippen LogP contribution in [-0.2, 0) is 4.79 Å². The SMILES string of the molecule is CCN(C(=O)CC1CCSCC1)c1ccc(N)cc1. The molecule has 2 rings (SSSR count). The third kappa shape index (κ3) is 3.90. The van der Waals surface area contributed by atoms with Crippen molar-refractivity contribution in [1.29, 1.82) is 0 Å². The quantitative estimate of drug-likeness (QED) is 0.861. The number of hydrogen-bond acceptors (Lipinski definition) is 3. The van der Waals surface area contributed by atoms with Gasteiger partial charge in [-0.05, 0) is 61.5 Å². The standard InChI is InChI=1S/C15H22N2OS/c1-2-17(14-5-3-13(16)4-6-14)15(18)11-12-7-9-19-10-8-12/h3-6,12H,2,7-11,16H2,1H3. The number of rotatable bonds is 4. The van der Waals surface area contributed by atoms with E-state index in [2.05, 4.69) is 0 Å². The molecular weight excluding hydrogens is 256 g/mol. The summed E-state index contributed by atoms with van der Waals surface area (Å²) in [4.78, 5) is 14.3. The van der Waals surface area contributed by atoms with Crippen molar-refractivity contribution in [3.05, 3.63) is 24.3 Å². The van der Waals surface area contributed by atoms with E-state index in [1.165, 1.54) is 24.3 Å². The van der Waals surface area contributed by atoms with Crippen molar-refractivity contribution in [2.24, 2.45) is 5.92 Å². The molecule has 1 fully saturated rings. The van der Waals surface area contributed by atoms with Gasteiger partial charge in [-0.15, -0.1) is 0 Å². The molecule has 2 N–H and O–H groups in total. The van der Waals surface area contributed by atoms with Crippen molar-refractivity contribution in [2.45, 2.75) is 26.2 Å². The fraction of sp³-hybridized carbons (Fsp3) is 0.533. The van der Waals surface area contributed by atoms with Crippen LogP contribution in [0.5, 0.6) is 0 Å². The van der Waals surface area contributed by atoms with Crippen LogP contribution in [0, 0.1) is 5.92 Å². The third-order valence-electron chi connectivity index (χ3n) is 3.63. The van der Waals surface area contributed by atoms with E-state index in [-0.39, 0.29) is 5.91 Å². The predicted octanol–water partition coefficient (Wildman–Crippen LogP) is 3.16. The van der Waals surface area contributed by atoms with Gasteiger partial charge < -0.3 is 10.6 Å². The highest BCUT2D eigenvalue weighted by Crippen LogP contribution is 2.27. The average molecular weight is 278 g/mol. The van der Waals surface area contributed by atoms with Crippen LogP contribution in [0.1, 0.15) is 26.2 Å². The lowest BCUT2D eigenvalue weighted by Gasteiger charge is -2.26. The number of nitrogen functional groups attached to an aromatic ring is 1. The van der Waals surface area contributed by atoms with Gasteiger partial charge in [0.15, 0.2) is 0 Å². The summed E-state index contributed by atoms with van der Waals surface area (Å²) < 4.78 is 0. The molecule has 1 amide bonds. The molecule has 0 bridgehead atoms. The Bertz CT molecular complexity index is 413. The zero-order valence-corrected chi connectivity index (χ0v) is 12.3. The van der Waals surface area contributed by atoms with Gasteiger partial charge in [0.05, 0.1) is 0 Å². The lowest BCUT2D eigenvalue weighted by Crippen LogP contribution is -2.32. The van der Waals surface area contributed by atoms with Crippen molar-refractivity contribution in [3.63, 3.8) is 0 Å². The fourth-order valence-electron chi connectivity index (χ4n) is 2.46. The number of thioether (sulfide) groups is 1. The highest BCUT2D eigenvalue weighted by molar-refractivity contribution is 7.99. The maximum atomic E-state index is 12.4. The number of anilines is 2. The molecule has 1 saturated heterocycles. The lowest BCUT2D eigenvalue weighted by molar-refractivity contribution is -0.119. The van der Waals surface area contributed by atoms with Crippen molar-refractivity contribution >= 4 is 29.0 Å². The molecular formula is C15H22N2OS. The number of carbonyl (C=O) groups excluding carboxylic acids is 1. The first-order valence-electron chi connectivity index (χ1n) is 6.94. The van der Waals surface area contributed by atoms with Crippen LogP contribution in [0.25, 0.3) is 0 Å². The minimum absolute atomic E-state index is 0.240. The van der Waals surface area contributed by atoms with Gasteiger partial charge >= 0.3 is 0 Å². The van der Waals surface area contributed by atoms with Crippen LogP contribution >= 0.6 is 11.8 Å². The summed E-state index contributed by atoms with van der Waals surface area (Å²) in [5.41, 5.74) is 7.37. The molecule has 104 valence electrons. The minimum atomic E-state index is 0.240. The number of carbonyl (C=O) groups is 1. The molecule has 1 heterocycles. The molecule has 0 spiro atoms. The summed E-state index contributed by atoms with van der Waals surface area (Å²) in [5.74, 6) is 3.21. The van der Waals surface area contributed by atoms with Gasteiger partial charge in [-0.1, -0.05) is 0 Å². The Kier molecular flexibility index (Phi) is 5.14. The van der Waals surface area contributed by atoms with Crippen molar-refractivity contribution < 1.29 is 4.79 Å². The van der Waals surface area contributed by atoms with Gasteiger partial charge in [-0.2, -0.15) is 11.8 Å². The monoisotopic (exact) mass is 278 g/mol. The summed E-state index contributed by atoms with van der Waals surface area (Å²) in [5, 5.41) is 0. The van der Waals surface area contributed by atoms with Crippen LogP contribution < -0.4 is 10.6 Å². The maximum absolute atomic E-state index is 12.4. The number of amides is 1. The summed E-state index contributed by atoms with van der Waals surface area (Å²) in [6.07, 6.45) is 3.03. The molecule has 0 aliphatic carbocycles. The molecule has 1 aliphatic rings. The smallest absolute Gasteiger partial charge is 0.227 e. The van der Waals surface area contributed by atoms with E-state index in [0.717, 1.165) is 11.4 Å². The molecule has 0 unspecified atom stereocenters. The van der Waals surface area contributed by atoms with Crippen molar-refractivity contribution in [1.82, 2.24) is 0 Å². The van der Waals surface area contributed by atoms with Crippen LogP contribution in [0.2, 0.25) is 0 Å². The first kappa shape index (κ1) is 14.3. The highest BCUT2D eigenvalue weighted by atomic mass is 32.2. The summed E-state index contributed by atoms with van der Waals surface area (Å²) in [6.45, 7) is 2.73. The van der Waals surface area contributed by atoms with Crippen LogP contribution in [0.4, 0.5) is 11.4 Å². The topological polar surface area (TPSA) is 46.3 Å². The largest absolute Gasteiger partial charge is 0.399 e. The van der Waals surface area contributed by atoms with Gasteiger partial charge in [0.1, 0.15) is 0 Å². The van der Waals surface area contributed by atoms with Gasteiger partial charge in [-0.3, -0.25) is 4.79 Å². The molecule has 4 heteroatoms. The number of hydrogen-bond donors (Lipinski definition) is 1. The van der Waals surface area contributed by atoms with Gasteiger partial charge in [0.2, 0.25) is 5.91 Å². The Morgan fingerprint density at radius 2 is 1.95 bits per heavy atom. The fourth-order valence-corrected chi connectivity index (χ4v) is 3.67. The van der Waals surface area contributed by atoms with Crippen LogP contribution in [0.15, 0.2) is 24.3 Å². The van der Waals surface area contributed by atoms with E-state index in [9.17, 15) is 4.79 Å². The van der Waals surface area contributed by atoms with Gasteiger partial charge in [0.25, 0.3) is 0 Å². The highest BCUT2D eigenvalue weighted by Gasteiger charge is 2.21. The third-order valence-corrected chi connectivity index (χ3v) is 4.67. The van der Waals surface area contributed by atoms with E-state index in [0.29, 0.717) is 18.9 Å². The van der Waals surface area contributed by atoms with Gasteiger partial charge in [-0.25, -0.2) is 0 Å². The number of nitrogens with two attached hydrogens (primary N) is 1. The zero-order chi connectivity index (χ0) is 13.7. The Morgan fingerprint density at radius 1 is 1.32 bits per heavy atom. The normalized spacial score (nSPS) is 16.3. The van der Waals surface area contributed by atoms with Gasteiger partial charge in [0, 0.05) is 24.3 Å². The molecule has 3 nitrogen and oxygen atoms in total. The molecule has 0 aromatic heterocycles. The second-order valence-corrected chi connectivity index (χ2v) is 6.21. The maximum Gasteiger partial charge on any atom is 0.227 e. The Hall–Kier alpha value is -1.16. The molecule has 1 aromatic rings. The first-order chi connectivity index (χ1) is 9.20. The van der Waals surface area contributed by atoms with E-state index in [1.807, 2.05) is 47.9 Å². The summed E-state index contributed by atoms with van der Waals surface area (Å²) in [6, 6.07) is 7.55. The summed E-state index contributed by atoms with van der Waals surface area (Å²) in [7, 11) is 0. The Labute approximate surface area is 119 Å². The molecule has 0 radical (unpaired) electrons. The van der Waals surface area contributed by atoms with E-state index in [1.54, 1.807) is 0 Å².